The zero-order chi connectivity index (χ0) is 26.4. The lowest BCUT2D eigenvalue weighted by atomic mass is 9.42. The lowest BCUT2D eigenvalue weighted by Crippen LogP contribution is -2.59. The van der Waals surface area contributed by atoms with Crippen LogP contribution in [0.2, 0.25) is 0 Å². The molecule has 1 heterocycles. The summed E-state index contributed by atoms with van der Waals surface area (Å²) in [5, 5.41) is 21.9. The molecule has 6 nitrogen and oxygen atoms in total. The average Bonchev–Trinajstić information content (AvgIpc) is 3.08. The third-order valence-corrected chi connectivity index (χ3v) is 12.2. The van der Waals surface area contributed by atoms with Crippen LogP contribution >= 0.6 is 0 Å². The number of rotatable bonds is 6. The molecule has 0 spiro atoms. The van der Waals surface area contributed by atoms with Crippen LogP contribution in [-0.4, -0.2) is 53.5 Å². The van der Waals surface area contributed by atoms with E-state index < -0.39 is 0 Å². The summed E-state index contributed by atoms with van der Waals surface area (Å²) in [5.41, 5.74) is 0.509. The van der Waals surface area contributed by atoms with Gasteiger partial charge < -0.3 is 19.7 Å². The Hall–Kier alpha value is -0.980. The van der Waals surface area contributed by atoms with Crippen LogP contribution < -0.4 is 0 Å². The second kappa shape index (κ2) is 10.9. The van der Waals surface area contributed by atoms with Crippen molar-refractivity contribution in [2.45, 2.75) is 123 Å². The summed E-state index contributed by atoms with van der Waals surface area (Å²) in [7, 11) is 0. The highest BCUT2D eigenvalue weighted by Crippen LogP contribution is 2.69. The average molecular weight is 519 g/mol. The fourth-order valence-electron chi connectivity index (χ4n) is 10.4. The molecule has 5 fully saturated rings. The first kappa shape index (κ1) is 27.6. The van der Waals surface area contributed by atoms with Crippen LogP contribution in [0.25, 0.3) is 0 Å². The number of aliphatic hydroxyl groups excluding tert-OH is 2. The van der Waals surface area contributed by atoms with Gasteiger partial charge in [0.25, 0.3) is 0 Å². The van der Waals surface area contributed by atoms with E-state index in [1.807, 2.05) is 0 Å². The molecule has 4 aliphatic carbocycles. The fourth-order valence-corrected chi connectivity index (χ4v) is 10.4. The summed E-state index contributed by atoms with van der Waals surface area (Å²) in [6.07, 6.45) is 11.0. The van der Waals surface area contributed by atoms with E-state index in [4.69, 9.17) is 9.47 Å². The lowest BCUT2D eigenvalue weighted by molar-refractivity contribution is -0.182. The van der Waals surface area contributed by atoms with E-state index in [2.05, 4.69) is 20.8 Å². The van der Waals surface area contributed by atoms with Gasteiger partial charge in [-0.05, 0) is 111 Å². The third kappa shape index (κ3) is 5.04. The van der Waals surface area contributed by atoms with Gasteiger partial charge in [-0.1, -0.05) is 20.8 Å². The molecule has 1 saturated heterocycles. The van der Waals surface area contributed by atoms with Gasteiger partial charge in [0.15, 0.2) is 5.78 Å². The SMILES string of the molecule is CCC12CCC(O)CC1CC(O)C1C3CCC(C(C)CCC(=O)OC4CCOCC(=O)C4)C3(C)CCC12. The standard InChI is InChI=1S/C31H50O6/c1-4-31-13-9-21(32)15-20(31)16-27(34)29-25-7-6-24(30(25,3)12-10-26(29)31)19(2)5-8-28(35)37-23-11-14-36-18-22(33)17-23/h19-21,23-27,29,32,34H,4-18H2,1-3H3. The first-order valence-electron chi connectivity index (χ1n) is 15.3. The molecule has 0 radical (unpaired) electrons. The molecule has 5 rings (SSSR count). The fraction of sp³-hybridized carbons (Fsp3) is 0.935. The van der Waals surface area contributed by atoms with E-state index in [0.717, 1.165) is 32.1 Å². The minimum Gasteiger partial charge on any atom is -0.462 e. The molecular formula is C31H50O6. The monoisotopic (exact) mass is 518 g/mol. The first-order valence-corrected chi connectivity index (χ1v) is 15.3. The topological polar surface area (TPSA) is 93.1 Å². The summed E-state index contributed by atoms with van der Waals surface area (Å²) in [5.74, 6) is 2.77. The van der Waals surface area contributed by atoms with Gasteiger partial charge in [-0.3, -0.25) is 9.59 Å². The van der Waals surface area contributed by atoms with E-state index in [1.165, 1.54) is 32.1 Å². The van der Waals surface area contributed by atoms with E-state index in [1.54, 1.807) is 0 Å². The van der Waals surface area contributed by atoms with Crippen molar-refractivity contribution in [2.75, 3.05) is 13.2 Å². The summed E-state index contributed by atoms with van der Waals surface area (Å²) in [6, 6.07) is 0. The molecule has 2 N–H and O–H groups in total. The first-order chi connectivity index (χ1) is 17.7. The third-order valence-electron chi connectivity index (χ3n) is 12.2. The van der Waals surface area contributed by atoms with Crippen LogP contribution in [0.5, 0.6) is 0 Å². The Morgan fingerprint density at radius 3 is 2.70 bits per heavy atom. The molecule has 4 saturated carbocycles. The van der Waals surface area contributed by atoms with Gasteiger partial charge in [-0.15, -0.1) is 0 Å². The molecule has 0 aromatic heterocycles. The number of esters is 1. The molecule has 11 unspecified atom stereocenters. The molecule has 6 heteroatoms. The molecule has 0 aromatic carbocycles. The molecule has 1 aliphatic heterocycles. The maximum Gasteiger partial charge on any atom is 0.306 e. The van der Waals surface area contributed by atoms with Gasteiger partial charge in [0.1, 0.15) is 12.7 Å². The van der Waals surface area contributed by atoms with E-state index >= 15 is 0 Å². The van der Waals surface area contributed by atoms with Crippen molar-refractivity contribution in [3.05, 3.63) is 0 Å². The maximum absolute atomic E-state index is 12.6. The Bertz CT molecular complexity index is 844. The number of carbonyl (C=O) groups excluding carboxylic acids is 2. The Balaban J connectivity index is 1.22. The highest BCUT2D eigenvalue weighted by Gasteiger charge is 2.63. The molecule has 37 heavy (non-hydrogen) atoms. The van der Waals surface area contributed by atoms with Gasteiger partial charge in [-0.25, -0.2) is 0 Å². The van der Waals surface area contributed by atoms with E-state index in [0.29, 0.717) is 60.4 Å². The second-order valence-corrected chi connectivity index (χ2v) is 13.7. The molecular weight excluding hydrogens is 468 g/mol. The number of hydrogen-bond donors (Lipinski definition) is 2. The zero-order valence-corrected chi connectivity index (χ0v) is 23.3. The summed E-state index contributed by atoms with van der Waals surface area (Å²) < 4.78 is 10.9. The number of carbonyl (C=O) groups is 2. The Kier molecular flexibility index (Phi) is 8.11. The summed E-state index contributed by atoms with van der Waals surface area (Å²) in [4.78, 5) is 24.4. The van der Waals surface area contributed by atoms with Crippen molar-refractivity contribution in [1.29, 1.82) is 0 Å². The van der Waals surface area contributed by atoms with Crippen molar-refractivity contribution in [3.63, 3.8) is 0 Å². The maximum atomic E-state index is 12.6. The minimum atomic E-state index is -0.343. The Morgan fingerprint density at radius 1 is 1.11 bits per heavy atom. The van der Waals surface area contributed by atoms with E-state index in [9.17, 15) is 19.8 Å². The smallest absolute Gasteiger partial charge is 0.306 e. The molecule has 5 aliphatic rings. The van der Waals surface area contributed by atoms with Crippen LogP contribution in [0, 0.1) is 46.3 Å². The lowest BCUT2D eigenvalue weighted by Gasteiger charge is -2.63. The number of aliphatic hydroxyl groups is 2. The van der Waals surface area contributed by atoms with Crippen molar-refractivity contribution < 1.29 is 29.3 Å². The van der Waals surface area contributed by atoms with Crippen molar-refractivity contribution >= 4 is 11.8 Å². The van der Waals surface area contributed by atoms with Gasteiger partial charge in [0.05, 0.1) is 18.8 Å². The van der Waals surface area contributed by atoms with Crippen molar-refractivity contribution in [2.24, 2.45) is 46.3 Å². The van der Waals surface area contributed by atoms with Crippen LogP contribution in [0.4, 0.5) is 0 Å². The van der Waals surface area contributed by atoms with Crippen LogP contribution in [0.1, 0.15) is 104 Å². The second-order valence-electron chi connectivity index (χ2n) is 13.7. The van der Waals surface area contributed by atoms with Crippen LogP contribution in [-0.2, 0) is 19.1 Å². The largest absolute Gasteiger partial charge is 0.462 e. The van der Waals surface area contributed by atoms with Crippen molar-refractivity contribution in [1.82, 2.24) is 0 Å². The van der Waals surface area contributed by atoms with E-state index in [-0.39, 0.29) is 48.5 Å². The predicted molar refractivity (Wildman–Crippen MR) is 141 cm³/mol. The van der Waals surface area contributed by atoms with Crippen LogP contribution in [0.15, 0.2) is 0 Å². The number of Topliss-reactive ketones (excluding diaryl/α,β-unsaturated/α-hetero) is 1. The summed E-state index contributed by atoms with van der Waals surface area (Å²) >= 11 is 0. The number of ether oxygens (including phenoxy) is 2. The number of hydrogen-bond acceptors (Lipinski definition) is 6. The highest BCUT2D eigenvalue weighted by molar-refractivity contribution is 5.80. The molecule has 0 aromatic rings. The van der Waals surface area contributed by atoms with Gasteiger partial charge in [0, 0.05) is 19.3 Å². The zero-order valence-electron chi connectivity index (χ0n) is 23.3. The molecule has 210 valence electrons. The quantitative estimate of drug-likeness (QED) is 0.477. The van der Waals surface area contributed by atoms with Crippen molar-refractivity contribution in [3.8, 4) is 0 Å². The number of ketones is 1. The molecule has 0 amide bonds. The van der Waals surface area contributed by atoms with Gasteiger partial charge in [-0.2, -0.15) is 0 Å². The van der Waals surface area contributed by atoms with Gasteiger partial charge >= 0.3 is 5.97 Å². The molecule has 11 atom stereocenters. The number of fused-ring (bicyclic) bond motifs is 5. The summed E-state index contributed by atoms with van der Waals surface area (Å²) in [6.45, 7) is 7.75. The minimum absolute atomic E-state index is 0.00896. The highest BCUT2D eigenvalue weighted by atomic mass is 16.5. The normalized spacial score (nSPS) is 46.8. The van der Waals surface area contributed by atoms with Crippen LogP contribution in [0.3, 0.4) is 0 Å². The predicted octanol–water partition coefficient (Wildman–Crippen LogP) is 5.07. The Labute approximate surface area is 223 Å². The van der Waals surface area contributed by atoms with Gasteiger partial charge in [0.2, 0.25) is 0 Å². The molecule has 0 bridgehead atoms. The Morgan fingerprint density at radius 2 is 1.92 bits per heavy atom.